The van der Waals surface area contributed by atoms with Crippen LogP contribution < -0.4 is 10.2 Å². The molecular formula is C17H19ClN2O. The third-order valence-electron chi connectivity index (χ3n) is 3.20. The molecule has 0 atom stereocenters. The molecule has 0 bridgehead atoms. The van der Waals surface area contributed by atoms with Crippen molar-refractivity contribution >= 4 is 28.9 Å². The van der Waals surface area contributed by atoms with E-state index >= 15 is 0 Å². The second-order valence-corrected chi connectivity index (χ2v) is 5.70. The first kappa shape index (κ1) is 15.4. The van der Waals surface area contributed by atoms with Gasteiger partial charge < -0.3 is 10.2 Å². The van der Waals surface area contributed by atoms with Crippen molar-refractivity contribution in [1.82, 2.24) is 0 Å². The average Bonchev–Trinajstić information content (AvgIpc) is 2.41. The molecule has 0 radical (unpaired) electrons. The molecule has 0 unspecified atom stereocenters. The van der Waals surface area contributed by atoms with Gasteiger partial charge in [-0.25, -0.2) is 0 Å². The van der Waals surface area contributed by atoms with Gasteiger partial charge in [0.15, 0.2) is 0 Å². The van der Waals surface area contributed by atoms with Crippen LogP contribution in [0.3, 0.4) is 0 Å². The third-order valence-corrected chi connectivity index (χ3v) is 3.43. The normalized spacial score (nSPS) is 10.3. The summed E-state index contributed by atoms with van der Waals surface area (Å²) in [6.45, 7) is 2.03. The van der Waals surface area contributed by atoms with Crippen molar-refractivity contribution in [3.05, 3.63) is 58.6 Å². The van der Waals surface area contributed by atoms with E-state index in [4.69, 9.17) is 11.6 Å². The largest absolute Gasteiger partial charge is 0.376 e. The molecule has 1 N–H and O–H groups in total. The molecule has 4 heteroatoms. The number of amides is 1. The zero-order valence-corrected chi connectivity index (χ0v) is 13.2. The second-order valence-electron chi connectivity index (χ2n) is 5.27. The monoisotopic (exact) mass is 302 g/mol. The Hall–Kier alpha value is -2.00. The molecule has 0 fully saturated rings. The van der Waals surface area contributed by atoms with E-state index in [0.29, 0.717) is 11.4 Å². The maximum atomic E-state index is 12.2. The molecule has 0 aromatic heterocycles. The fourth-order valence-corrected chi connectivity index (χ4v) is 2.26. The lowest BCUT2D eigenvalue weighted by atomic mass is 10.1. The maximum absolute atomic E-state index is 12.2. The van der Waals surface area contributed by atoms with Crippen molar-refractivity contribution in [2.24, 2.45) is 0 Å². The fourth-order valence-electron chi connectivity index (χ4n) is 2.08. The SMILES string of the molecule is Cc1ccc(CC(=O)Nc2cc(Cl)ccc2N(C)C)cc1. The standard InChI is InChI=1S/C17H19ClN2O/c1-12-4-6-13(7-5-12)10-17(21)19-15-11-14(18)8-9-16(15)20(2)3/h4-9,11H,10H2,1-3H3,(H,19,21). The van der Waals surface area contributed by atoms with Crippen molar-refractivity contribution < 1.29 is 4.79 Å². The Morgan fingerprint density at radius 3 is 2.43 bits per heavy atom. The Labute approximate surface area is 130 Å². The van der Waals surface area contributed by atoms with E-state index in [0.717, 1.165) is 16.9 Å². The molecule has 0 heterocycles. The van der Waals surface area contributed by atoms with Crippen LogP contribution in [0, 0.1) is 6.92 Å². The minimum atomic E-state index is -0.0516. The van der Waals surface area contributed by atoms with E-state index < -0.39 is 0 Å². The predicted octanol–water partition coefficient (Wildman–Crippen LogP) is 3.90. The second kappa shape index (κ2) is 6.64. The van der Waals surface area contributed by atoms with Crippen LogP contribution >= 0.6 is 11.6 Å². The van der Waals surface area contributed by atoms with Gasteiger partial charge in [-0.05, 0) is 30.7 Å². The van der Waals surface area contributed by atoms with E-state index in [1.54, 1.807) is 6.07 Å². The molecular weight excluding hydrogens is 284 g/mol. The molecule has 0 aliphatic carbocycles. The lowest BCUT2D eigenvalue weighted by molar-refractivity contribution is -0.115. The number of carbonyl (C=O) groups excluding carboxylic acids is 1. The van der Waals surface area contributed by atoms with Crippen LogP contribution in [0.15, 0.2) is 42.5 Å². The van der Waals surface area contributed by atoms with Gasteiger partial charge in [0.2, 0.25) is 5.91 Å². The number of aryl methyl sites for hydroxylation is 1. The summed E-state index contributed by atoms with van der Waals surface area (Å²) in [5, 5.41) is 3.53. The highest BCUT2D eigenvalue weighted by atomic mass is 35.5. The van der Waals surface area contributed by atoms with Gasteiger partial charge in [-0.3, -0.25) is 4.79 Å². The fraction of sp³-hybridized carbons (Fsp3) is 0.235. The number of anilines is 2. The Balaban J connectivity index is 2.12. The van der Waals surface area contributed by atoms with Crippen LogP contribution in [0.5, 0.6) is 0 Å². The molecule has 110 valence electrons. The molecule has 2 aromatic carbocycles. The van der Waals surface area contributed by atoms with Crippen molar-refractivity contribution in [3.8, 4) is 0 Å². The average molecular weight is 303 g/mol. The minimum Gasteiger partial charge on any atom is -0.376 e. The lowest BCUT2D eigenvalue weighted by Crippen LogP contribution is -2.18. The number of rotatable bonds is 4. The molecule has 1 amide bonds. The quantitative estimate of drug-likeness (QED) is 0.929. The zero-order chi connectivity index (χ0) is 15.4. The molecule has 21 heavy (non-hydrogen) atoms. The smallest absolute Gasteiger partial charge is 0.228 e. The topological polar surface area (TPSA) is 32.3 Å². The van der Waals surface area contributed by atoms with Gasteiger partial charge in [-0.15, -0.1) is 0 Å². The number of nitrogens with zero attached hydrogens (tertiary/aromatic N) is 1. The van der Waals surface area contributed by atoms with Crippen molar-refractivity contribution in [3.63, 3.8) is 0 Å². The van der Waals surface area contributed by atoms with Crippen molar-refractivity contribution in [1.29, 1.82) is 0 Å². The molecule has 0 saturated carbocycles. The van der Waals surface area contributed by atoms with Crippen LogP contribution in [0.1, 0.15) is 11.1 Å². The van der Waals surface area contributed by atoms with Crippen molar-refractivity contribution in [2.45, 2.75) is 13.3 Å². The Morgan fingerprint density at radius 1 is 1.14 bits per heavy atom. The summed E-state index contributed by atoms with van der Waals surface area (Å²) in [4.78, 5) is 14.1. The first-order valence-electron chi connectivity index (χ1n) is 6.78. The van der Waals surface area contributed by atoms with Gasteiger partial charge >= 0.3 is 0 Å². The summed E-state index contributed by atoms with van der Waals surface area (Å²) >= 11 is 6.01. The highest BCUT2D eigenvalue weighted by Gasteiger charge is 2.10. The predicted molar refractivity (Wildman–Crippen MR) is 89.3 cm³/mol. The third kappa shape index (κ3) is 4.23. The number of nitrogens with one attached hydrogen (secondary N) is 1. The Bertz CT molecular complexity index is 636. The molecule has 3 nitrogen and oxygen atoms in total. The number of halogens is 1. The molecule has 2 aromatic rings. The van der Waals surface area contributed by atoms with Crippen LogP contribution in [0.2, 0.25) is 5.02 Å². The lowest BCUT2D eigenvalue weighted by Gasteiger charge is -2.18. The van der Waals surface area contributed by atoms with Crippen LogP contribution in [0.4, 0.5) is 11.4 Å². The molecule has 0 aliphatic heterocycles. The first-order valence-corrected chi connectivity index (χ1v) is 7.16. The number of carbonyl (C=O) groups is 1. The number of hydrogen-bond donors (Lipinski definition) is 1. The molecule has 0 saturated heterocycles. The van der Waals surface area contributed by atoms with E-state index in [1.165, 1.54) is 5.56 Å². The van der Waals surface area contributed by atoms with E-state index in [2.05, 4.69) is 5.32 Å². The minimum absolute atomic E-state index is 0.0516. The Kier molecular flexibility index (Phi) is 4.86. The Morgan fingerprint density at radius 2 is 1.81 bits per heavy atom. The van der Waals surface area contributed by atoms with Gasteiger partial charge in [-0.2, -0.15) is 0 Å². The summed E-state index contributed by atoms with van der Waals surface area (Å²) < 4.78 is 0. The number of hydrogen-bond acceptors (Lipinski definition) is 2. The molecule has 0 spiro atoms. The van der Waals surface area contributed by atoms with Crippen molar-refractivity contribution in [2.75, 3.05) is 24.3 Å². The highest BCUT2D eigenvalue weighted by Crippen LogP contribution is 2.27. The zero-order valence-electron chi connectivity index (χ0n) is 12.5. The summed E-state index contributed by atoms with van der Waals surface area (Å²) in [6.07, 6.45) is 0.347. The van der Waals surface area contributed by atoms with E-state index in [-0.39, 0.29) is 5.91 Å². The van der Waals surface area contributed by atoms with Gasteiger partial charge in [0, 0.05) is 19.1 Å². The van der Waals surface area contributed by atoms with E-state index in [9.17, 15) is 4.79 Å². The van der Waals surface area contributed by atoms with Gasteiger partial charge in [0.05, 0.1) is 17.8 Å². The van der Waals surface area contributed by atoms with E-state index in [1.807, 2.05) is 62.3 Å². The van der Waals surface area contributed by atoms with Gasteiger partial charge in [0.25, 0.3) is 0 Å². The van der Waals surface area contributed by atoms with Gasteiger partial charge in [0.1, 0.15) is 0 Å². The highest BCUT2D eigenvalue weighted by molar-refractivity contribution is 6.31. The van der Waals surface area contributed by atoms with Crippen LogP contribution in [-0.2, 0) is 11.2 Å². The molecule has 2 rings (SSSR count). The maximum Gasteiger partial charge on any atom is 0.228 e. The first-order chi connectivity index (χ1) is 9.95. The van der Waals surface area contributed by atoms with Gasteiger partial charge in [-0.1, -0.05) is 41.4 Å². The molecule has 0 aliphatic rings. The number of benzene rings is 2. The van der Waals surface area contributed by atoms with Crippen LogP contribution in [0.25, 0.3) is 0 Å². The summed E-state index contributed by atoms with van der Waals surface area (Å²) in [5.41, 5.74) is 3.83. The summed E-state index contributed by atoms with van der Waals surface area (Å²) in [5.74, 6) is -0.0516. The van der Waals surface area contributed by atoms with Crippen LogP contribution in [-0.4, -0.2) is 20.0 Å². The summed E-state index contributed by atoms with van der Waals surface area (Å²) in [6, 6.07) is 13.4. The summed E-state index contributed by atoms with van der Waals surface area (Å²) in [7, 11) is 3.86.